The van der Waals surface area contributed by atoms with E-state index in [1.54, 1.807) is 18.0 Å². The maximum Gasteiger partial charge on any atom is 0.253 e. The molecule has 0 radical (unpaired) electrons. The van der Waals surface area contributed by atoms with Gasteiger partial charge in [0.15, 0.2) is 5.82 Å². The summed E-state index contributed by atoms with van der Waals surface area (Å²) in [5, 5.41) is 7.33. The van der Waals surface area contributed by atoms with Crippen LogP contribution in [0.5, 0.6) is 0 Å². The molecule has 126 valence electrons. The molecule has 2 aromatic rings. The number of nitrogens with zero attached hydrogens (tertiary/aromatic N) is 3. The van der Waals surface area contributed by atoms with E-state index in [0.717, 1.165) is 11.3 Å². The molecular formula is C18H22N4O2. The summed E-state index contributed by atoms with van der Waals surface area (Å²) < 4.78 is 1.88. The van der Waals surface area contributed by atoms with Crippen molar-refractivity contribution in [2.45, 2.75) is 32.7 Å². The van der Waals surface area contributed by atoms with E-state index in [-0.39, 0.29) is 17.9 Å². The molecule has 0 fully saturated rings. The lowest BCUT2D eigenvalue weighted by Crippen LogP contribution is -2.41. The molecular weight excluding hydrogens is 304 g/mol. The molecule has 1 aliphatic rings. The van der Waals surface area contributed by atoms with Crippen molar-refractivity contribution in [2.75, 3.05) is 18.9 Å². The number of amides is 2. The third-order valence-electron chi connectivity index (χ3n) is 4.35. The molecule has 0 spiro atoms. The van der Waals surface area contributed by atoms with Gasteiger partial charge in [-0.15, -0.1) is 0 Å². The van der Waals surface area contributed by atoms with Crippen LogP contribution in [0.3, 0.4) is 0 Å². The maximum absolute atomic E-state index is 12.8. The molecule has 1 aromatic carbocycles. The third-order valence-corrected chi connectivity index (χ3v) is 4.35. The number of hydrogen-bond donors (Lipinski definition) is 1. The van der Waals surface area contributed by atoms with Gasteiger partial charge in [-0.05, 0) is 32.4 Å². The summed E-state index contributed by atoms with van der Waals surface area (Å²) in [7, 11) is 1.72. The number of anilines is 1. The van der Waals surface area contributed by atoms with Crippen LogP contribution in [0.4, 0.5) is 5.82 Å². The Morgan fingerprint density at radius 1 is 1.33 bits per heavy atom. The van der Waals surface area contributed by atoms with Gasteiger partial charge in [0, 0.05) is 37.0 Å². The second-order valence-corrected chi connectivity index (χ2v) is 6.52. The van der Waals surface area contributed by atoms with Gasteiger partial charge in [0.05, 0.1) is 5.92 Å². The molecule has 3 rings (SSSR count). The number of nitrogens with one attached hydrogen (secondary N) is 1. The Bertz CT molecular complexity index is 794. The number of aryl methyl sites for hydroxylation is 1. The van der Waals surface area contributed by atoms with Crippen molar-refractivity contribution in [1.82, 2.24) is 14.7 Å². The first-order valence-corrected chi connectivity index (χ1v) is 8.10. The number of hydrogen-bond acceptors (Lipinski definition) is 3. The predicted octanol–water partition coefficient (Wildman–Crippen LogP) is 2.58. The van der Waals surface area contributed by atoms with Crippen molar-refractivity contribution in [2.24, 2.45) is 0 Å². The highest BCUT2D eigenvalue weighted by molar-refractivity contribution is 6.03. The van der Waals surface area contributed by atoms with Gasteiger partial charge in [0.2, 0.25) is 5.91 Å². The average molecular weight is 326 g/mol. The number of carbonyl (C=O) groups is 2. The normalized spacial score (nSPS) is 17.1. The minimum Gasteiger partial charge on any atom is -0.341 e. The second kappa shape index (κ2) is 6.11. The maximum atomic E-state index is 12.8. The van der Waals surface area contributed by atoms with Crippen LogP contribution in [0.25, 0.3) is 0 Å². The van der Waals surface area contributed by atoms with Gasteiger partial charge in [-0.25, -0.2) is 0 Å². The van der Waals surface area contributed by atoms with Gasteiger partial charge >= 0.3 is 0 Å². The lowest BCUT2D eigenvalue weighted by Gasteiger charge is -2.30. The zero-order chi connectivity index (χ0) is 17.4. The van der Waals surface area contributed by atoms with Gasteiger partial charge in [-0.2, -0.15) is 5.10 Å². The van der Waals surface area contributed by atoms with Gasteiger partial charge in [0.1, 0.15) is 0 Å². The molecule has 0 saturated carbocycles. The first kappa shape index (κ1) is 16.2. The highest BCUT2D eigenvalue weighted by Crippen LogP contribution is 2.28. The topological polar surface area (TPSA) is 67.2 Å². The number of carbonyl (C=O) groups excluding carboxylic acids is 2. The first-order chi connectivity index (χ1) is 11.4. The summed E-state index contributed by atoms with van der Waals surface area (Å²) in [4.78, 5) is 26.6. The van der Waals surface area contributed by atoms with Crippen molar-refractivity contribution < 1.29 is 9.59 Å². The van der Waals surface area contributed by atoms with E-state index in [1.165, 1.54) is 0 Å². The minimum absolute atomic E-state index is 0.0467. The van der Waals surface area contributed by atoms with Gasteiger partial charge in [-0.1, -0.05) is 18.2 Å². The fraction of sp³-hybridized carbons (Fsp3) is 0.389. The zero-order valence-electron chi connectivity index (χ0n) is 14.4. The van der Waals surface area contributed by atoms with E-state index in [0.29, 0.717) is 17.9 Å². The fourth-order valence-corrected chi connectivity index (χ4v) is 3.17. The molecule has 1 unspecified atom stereocenters. The molecule has 1 aliphatic heterocycles. The quantitative estimate of drug-likeness (QED) is 0.942. The molecule has 0 bridgehead atoms. The third kappa shape index (κ3) is 2.79. The van der Waals surface area contributed by atoms with E-state index < -0.39 is 5.92 Å². The van der Waals surface area contributed by atoms with E-state index in [9.17, 15) is 9.59 Å². The smallest absolute Gasteiger partial charge is 0.253 e. The molecule has 1 N–H and O–H groups in total. The van der Waals surface area contributed by atoms with Crippen molar-refractivity contribution in [3.63, 3.8) is 0 Å². The average Bonchev–Trinajstić information content (AvgIpc) is 2.91. The molecule has 2 amide bonds. The Balaban J connectivity index is 1.87. The molecule has 1 aromatic heterocycles. The highest BCUT2D eigenvalue weighted by Gasteiger charge is 2.33. The van der Waals surface area contributed by atoms with Gasteiger partial charge in [-0.3, -0.25) is 14.3 Å². The van der Waals surface area contributed by atoms with Crippen LogP contribution in [0.1, 0.15) is 47.4 Å². The summed E-state index contributed by atoms with van der Waals surface area (Å²) in [5.74, 6) is -0.0403. The minimum atomic E-state index is -0.395. The van der Waals surface area contributed by atoms with Gasteiger partial charge < -0.3 is 10.2 Å². The predicted molar refractivity (Wildman–Crippen MR) is 92.1 cm³/mol. The molecule has 0 saturated heterocycles. The summed E-state index contributed by atoms with van der Waals surface area (Å²) in [5.41, 5.74) is 2.37. The van der Waals surface area contributed by atoms with Crippen LogP contribution in [-0.2, 0) is 4.79 Å². The van der Waals surface area contributed by atoms with E-state index in [1.807, 2.05) is 49.7 Å². The monoisotopic (exact) mass is 326 g/mol. The van der Waals surface area contributed by atoms with Crippen molar-refractivity contribution in [1.29, 1.82) is 0 Å². The molecule has 24 heavy (non-hydrogen) atoms. The van der Waals surface area contributed by atoms with E-state index >= 15 is 0 Å². The zero-order valence-corrected chi connectivity index (χ0v) is 14.4. The Hall–Kier alpha value is -2.63. The Morgan fingerprint density at radius 3 is 2.71 bits per heavy atom. The van der Waals surface area contributed by atoms with Crippen LogP contribution >= 0.6 is 0 Å². The van der Waals surface area contributed by atoms with Crippen LogP contribution in [0.2, 0.25) is 0 Å². The van der Waals surface area contributed by atoms with Crippen molar-refractivity contribution in [3.8, 4) is 0 Å². The molecule has 1 atom stereocenters. The second-order valence-electron chi connectivity index (χ2n) is 6.52. The van der Waals surface area contributed by atoms with Crippen molar-refractivity contribution >= 4 is 17.6 Å². The molecule has 2 heterocycles. The Morgan fingerprint density at radius 2 is 2.04 bits per heavy atom. The number of fused-ring (bicyclic) bond motifs is 1. The molecule has 0 aliphatic carbocycles. The standard InChI is InChI=1S/C18H22N4O2/c1-11(2)22-12(3)9-16(20-22)19-17(23)15-10-21(4)18(24)14-8-6-5-7-13(14)15/h5-9,11,15H,10H2,1-4H3,(H,19,20,23). The molecule has 6 heteroatoms. The van der Waals surface area contributed by atoms with E-state index in [4.69, 9.17) is 0 Å². The van der Waals surface area contributed by atoms with Gasteiger partial charge in [0.25, 0.3) is 5.91 Å². The number of likely N-dealkylation sites (N-methyl/N-ethyl adjacent to an activating group) is 1. The first-order valence-electron chi connectivity index (χ1n) is 8.10. The SMILES string of the molecule is Cc1cc(NC(=O)C2CN(C)C(=O)c3ccccc32)nn1C(C)C. The van der Waals surface area contributed by atoms with Crippen LogP contribution in [-0.4, -0.2) is 40.1 Å². The summed E-state index contributed by atoms with van der Waals surface area (Å²) in [6.07, 6.45) is 0. The Labute approximate surface area is 141 Å². The lowest BCUT2D eigenvalue weighted by atomic mass is 9.89. The van der Waals surface area contributed by atoms with Crippen LogP contribution in [0, 0.1) is 6.92 Å². The number of benzene rings is 1. The summed E-state index contributed by atoms with van der Waals surface area (Å²) in [6.45, 7) is 6.42. The van der Waals surface area contributed by atoms with Crippen LogP contribution < -0.4 is 5.32 Å². The number of rotatable bonds is 3. The number of aromatic nitrogens is 2. The van der Waals surface area contributed by atoms with Crippen LogP contribution in [0.15, 0.2) is 30.3 Å². The summed E-state index contributed by atoms with van der Waals surface area (Å²) in [6, 6.07) is 9.39. The summed E-state index contributed by atoms with van der Waals surface area (Å²) >= 11 is 0. The highest BCUT2D eigenvalue weighted by atomic mass is 16.2. The fourth-order valence-electron chi connectivity index (χ4n) is 3.17. The van der Waals surface area contributed by atoms with Crippen molar-refractivity contribution in [3.05, 3.63) is 47.2 Å². The Kier molecular flexibility index (Phi) is 4.13. The lowest BCUT2D eigenvalue weighted by molar-refractivity contribution is -0.118. The van der Waals surface area contributed by atoms with E-state index in [2.05, 4.69) is 10.4 Å². The molecule has 6 nitrogen and oxygen atoms in total. The largest absolute Gasteiger partial charge is 0.341 e.